The summed E-state index contributed by atoms with van der Waals surface area (Å²) in [5, 5.41) is 5.83. The first kappa shape index (κ1) is 21.4. The van der Waals surface area contributed by atoms with Crippen molar-refractivity contribution in [2.24, 2.45) is 5.92 Å². The van der Waals surface area contributed by atoms with Crippen molar-refractivity contribution in [1.82, 2.24) is 15.0 Å². The summed E-state index contributed by atoms with van der Waals surface area (Å²) >= 11 is 0. The van der Waals surface area contributed by atoms with Gasteiger partial charge in [-0.3, -0.25) is 4.79 Å². The Bertz CT molecular complexity index is 1180. The zero-order valence-electron chi connectivity index (χ0n) is 17.0. The minimum absolute atomic E-state index is 0.0400. The molecule has 0 atom stereocenters. The molecule has 3 rings (SSSR count). The highest BCUT2D eigenvalue weighted by Gasteiger charge is 2.12. The standard InChI is InChI=1S/C20H24N6O3S/c1-12(2)19(27)23-14-6-4-13(5-7-14)15-8-9-16-17(24-15)18(26-20(21)25-16)22-10-11-30(3,28)29/h4-9,12H,10-11H2,1-3H3,(H,23,27)(H3,21,22,25,26). The molecule has 3 aromatic rings. The van der Waals surface area contributed by atoms with Crippen molar-refractivity contribution < 1.29 is 13.2 Å². The molecule has 4 N–H and O–H groups in total. The highest BCUT2D eigenvalue weighted by atomic mass is 32.2. The van der Waals surface area contributed by atoms with Crippen LogP contribution in [0.15, 0.2) is 36.4 Å². The quantitative estimate of drug-likeness (QED) is 0.521. The maximum atomic E-state index is 11.8. The molecule has 158 valence electrons. The second-order valence-electron chi connectivity index (χ2n) is 7.27. The lowest BCUT2D eigenvalue weighted by Crippen LogP contribution is -2.17. The maximum Gasteiger partial charge on any atom is 0.226 e. The number of carbonyl (C=O) groups excluding carboxylic acids is 1. The van der Waals surface area contributed by atoms with Crippen molar-refractivity contribution in [2.75, 3.05) is 34.9 Å². The number of aromatic nitrogens is 3. The van der Waals surface area contributed by atoms with Crippen molar-refractivity contribution in [1.29, 1.82) is 0 Å². The Labute approximate surface area is 175 Å². The molecule has 0 unspecified atom stereocenters. The summed E-state index contributed by atoms with van der Waals surface area (Å²) in [5.41, 5.74) is 9.04. The van der Waals surface area contributed by atoms with Crippen molar-refractivity contribution >= 4 is 44.2 Å². The summed E-state index contributed by atoms with van der Waals surface area (Å²) in [6, 6.07) is 10.9. The van der Waals surface area contributed by atoms with Crippen LogP contribution in [0.4, 0.5) is 17.5 Å². The molecule has 0 aliphatic rings. The SMILES string of the molecule is CC(C)C(=O)Nc1ccc(-c2ccc3nc(N)nc(NCCS(C)(=O)=O)c3n2)cc1. The molecule has 0 fully saturated rings. The largest absolute Gasteiger partial charge is 0.368 e. The van der Waals surface area contributed by atoms with Gasteiger partial charge in [0, 0.05) is 30.0 Å². The van der Waals surface area contributed by atoms with Crippen LogP contribution in [0.2, 0.25) is 0 Å². The molecule has 0 radical (unpaired) electrons. The number of anilines is 3. The average Bonchev–Trinajstić information content (AvgIpc) is 2.67. The van der Waals surface area contributed by atoms with E-state index in [2.05, 4.69) is 25.6 Å². The topological polar surface area (TPSA) is 140 Å². The van der Waals surface area contributed by atoms with Crippen molar-refractivity contribution in [2.45, 2.75) is 13.8 Å². The van der Waals surface area contributed by atoms with Gasteiger partial charge in [0.05, 0.1) is 17.0 Å². The van der Waals surface area contributed by atoms with Crippen LogP contribution >= 0.6 is 0 Å². The fraction of sp³-hybridized carbons (Fsp3) is 0.300. The number of hydrogen-bond donors (Lipinski definition) is 3. The molecule has 2 heterocycles. The van der Waals surface area contributed by atoms with E-state index in [0.717, 1.165) is 5.56 Å². The van der Waals surface area contributed by atoms with Gasteiger partial charge in [-0.1, -0.05) is 26.0 Å². The van der Waals surface area contributed by atoms with Crippen molar-refractivity contribution in [3.05, 3.63) is 36.4 Å². The second kappa shape index (κ2) is 8.62. The molecule has 0 bridgehead atoms. The van der Waals surface area contributed by atoms with E-state index in [1.807, 2.05) is 44.2 Å². The highest BCUT2D eigenvalue weighted by Crippen LogP contribution is 2.25. The number of pyridine rings is 1. The number of carbonyl (C=O) groups is 1. The molecule has 10 heteroatoms. The average molecular weight is 429 g/mol. The number of benzene rings is 1. The first-order chi connectivity index (χ1) is 14.1. The van der Waals surface area contributed by atoms with Gasteiger partial charge < -0.3 is 16.4 Å². The fourth-order valence-electron chi connectivity index (χ4n) is 2.68. The lowest BCUT2D eigenvalue weighted by molar-refractivity contribution is -0.118. The molecule has 0 saturated heterocycles. The third kappa shape index (κ3) is 5.41. The third-order valence-electron chi connectivity index (χ3n) is 4.30. The van der Waals surface area contributed by atoms with Gasteiger partial charge in [-0.15, -0.1) is 0 Å². The normalized spacial score (nSPS) is 11.6. The molecule has 0 spiro atoms. The number of nitrogens with one attached hydrogen (secondary N) is 2. The van der Waals surface area contributed by atoms with Crippen molar-refractivity contribution in [3.8, 4) is 11.3 Å². The van der Waals surface area contributed by atoms with E-state index in [4.69, 9.17) is 5.73 Å². The van der Waals surface area contributed by atoms with Crippen LogP contribution in [0.5, 0.6) is 0 Å². The van der Waals surface area contributed by atoms with Crippen LogP contribution < -0.4 is 16.4 Å². The number of fused-ring (bicyclic) bond motifs is 1. The van der Waals surface area contributed by atoms with E-state index in [9.17, 15) is 13.2 Å². The lowest BCUT2D eigenvalue weighted by Gasteiger charge is -2.11. The molecular weight excluding hydrogens is 404 g/mol. The molecule has 1 amide bonds. The smallest absolute Gasteiger partial charge is 0.226 e. The number of amides is 1. The summed E-state index contributed by atoms with van der Waals surface area (Å²) in [6.45, 7) is 3.85. The monoisotopic (exact) mass is 428 g/mol. The van der Waals surface area contributed by atoms with Crippen LogP contribution in [0, 0.1) is 5.92 Å². The number of nitrogens with two attached hydrogens (primary N) is 1. The van der Waals surface area contributed by atoms with E-state index in [-0.39, 0.29) is 30.1 Å². The molecular formula is C20H24N6O3S. The Morgan fingerprint density at radius 1 is 1.07 bits per heavy atom. The number of rotatable bonds is 7. The van der Waals surface area contributed by atoms with Gasteiger partial charge in [0.1, 0.15) is 15.4 Å². The fourth-order valence-corrected chi connectivity index (χ4v) is 3.15. The van der Waals surface area contributed by atoms with E-state index in [1.165, 1.54) is 6.26 Å². The summed E-state index contributed by atoms with van der Waals surface area (Å²) < 4.78 is 22.8. The van der Waals surface area contributed by atoms with Gasteiger partial charge in [-0.25, -0.2) is 18.4 Å². The van der Waals surface area contributed by atoms with Gasteiger partial charge >= 0.3 is 0 Å². The van der Waals surface area contributed by atoms with Gasteiger partial charge in [-0.2, -0.15) is 4.98 Å². The highest BCUT2D eigenvalue weighted by molar-refractivity contribution is 7.90. The third-order valence-corrected chi connectivity index (χ3v) is 5.24. The van der Waals surface area contributed by atoms with Crippen LogP contribution in [-0.2, 0) is 14.6 Å². The van der Waals surface area contributed by atoms with Gasteiger partial charge in [0.15, 0.2) is 5.82 Å². The molecule has 2 aromatic heterocycles. The Balaban J connectivity index is 1.89. The van der Waals surface area contributed by atoms with E-state index in [1.54, 1.807) is 6.07 Å². The zero-order valence-corrected chi connectivity index (χ0v) is 17.8. The van der Waals surface area contributed by atoms with Crippen molar-refractivity contribution in [3.63, 3.8) is 0 Å². The predicted octanol–water partition coefficient (Wildman–Crippen LogP) is 2.33. The summed E-state index contributed by atoms with van der Waals surface area (Å²) in [7, 11) is -3.11. The lowest BCUT2D eigenvalue weighted by atomic mass is 10.1. The predicted molar refractivity (Wildman–Crippen MR) is 119 cm³/mol. The molecule has 0 saturated carbocycles. The van der Waals surface area contributed by atoms with Gasteiger partial charge in [0.25, 0.3) is 0 Å². The molecule has 0 aliphatic carbocycles. The number of nitrogen functional groups attached to an aromatic ring is 1. The van der Waals surface area contributed by atoms with E-state index >= 15 is 0 Å². The van der Waals surface area contributed by atoms with Crippen LogP contribution in [0.25, 0.3) is 22.3 Å². The Hall–Kier alpha value is -3.27. The Morgan fingerprint density at radius 3 is 2.40 bits per heavy atom. The number of hydrogen-bond acceptors (Lipinski definition) is 8. The van der Waals surface area contributed by atoms with Crippen LogP contribution in [0.3, 0.4) is 0 Å². The number of sulfone groups is 1. The number of nitrogens with zero attached hydrogens (tertiary/aromatic N) is 3. The molecule has 1 aromatic carbocycles. The summed E-state index contributed by atoms with van der Waals surface area (Å²) in [6.07, 6.45) is 1.17. The maximum absolute atomic E-state index is 11.8. The van der Waals surface area contributed by atoms with E-state index in [0.29, 0.717) is 28.2 Å². The molecule has 0 aliphatic heterocycles. The van der Waals surface area contributed by atoms with Crippen LogP contribution in [0.1, 0.15) is 13.8 Å². The van der Waals surface area contributed by atoms with E-state index < -0.39 is 9.84 Å². The minimum Gasteiger partial charge on any atom is -0.368 e. The zero-order chi connectivity index (χ0) is 21.9. The second-order valence-corrected chi connectivity index (χ2v) is 9.53. The Kier molecular flexibility index (Phi) is 6.16. The first-order valence-corrected chi connectivity index (χ1v) is 11.5. The Morgan fingerprint density at radius 2 is 1.77 bits per heavy atom. The van der Waals surface area contributed by atoms with Gasteiger partial charge in [-0.05, 0) is 24.3 Å². The first-order valence-electron chi connectivity index (χ1n) is 9.39. The van der Waals surface area contributed by atoms with Crippen LogP contribution in [-0.4, -0.2) is 47.8 Å². The summed E-state index contributed by atoms with van der Waals surface area (Å²) in [5.74, 6) is 0.258. The molecule has 30 heavy (non-hydrogen) atoms. The molecule has 9 nitrogen and oxygen atoms in total. The van der Waals surface area contributed by atoms with Gasteiger partial charge in [0.2, 0.25) is 11.9 Å². The summed E-state index contributed by atoms with van der Waals surface area (Å²) in [4.78, 5) is 24.8. The minimum atomic E-state index is -3.11.